The first-order chi connectivity index (χ1) is 9.63. The third-order valence-electron chi connectivity index (χ3n) is 2.76. The Bertz CT molecular complexity index is 477. The van der Waals surface area contributed by atoms with Crippen LogP contribution in [0.1, 0.15) is 10.4 Å². The highest BCUT2D eigenvalue weighted by Crippen LogP contribution is 2.15. The zero-order chi connectivity index (χ0) is 15.0. The summed E-state index contributed by atoms with van der Waals surface area (Å²) in [6.45, 7) is 0.780. The quantitative estimate of drug-likeness (QED) is 0.312. The summed E-state index contributed by atoms with van der Waals surface area (Å²) in [5.74, 6) is -0.301. The maximum Gasteiger partial charge on any atom is 0.341 e. The zero-order valence-corrected chi connectivity index (χ0v) is 11.3. The minimum absolute atomic E-state index is 0.0175. The summed E-state index contributed by atoms with van der Waals surface area (Å²) in [5.41, 5.74) is 9.65. The van der Waals surface area contributed by atoms with Gasteiger partial charge in [-0.25, -0.2) is 4.79 Å². The molecule has 0 fully saturated rings. The first-order valence-electron chi connectivity index (χ1n) is 6.15. The van der Waals surface area contributed by atoms with Crippen LogP contribution >= 0.6 is 0 Å². The molecule has 0 unspecified atom stereocenters. The van der Waals surface area contributed by atoms with Gasteiger partial charge in [-0.1, -0.05) is 0 Å². The number of benzene rings is 1. The molecule has 1 aromatic rings. The van der Waals surface area contributed by atoms with Crippen molar-refractivity contribution in [2.75, 3.05) is 38.3 Å². The largest absolute Gasteiger partial charge is 0.498 e. The minimum Gasteiger partial charge on any atom is -0.498 e. The fourth-order valence-corrected chi connectivity index (χ4v) is 1.76. The Hall–Kier alpha value is -2.21. The molecule has 1 aromatic carbocycles. The molecule has 0 aliphatic carbocycles. The predicted molar refractivity (Wildman–Crippen MR) is 74.6 cm³/mol. The monoisotopic (exact) mass is 278 g/mol. The van der Waals surface area contributed by atoms with Gasteiger partial charge in [0.05, 0.1) is 25.8 Å². The standard InChI is InChI=1S/C13H18N4O3/c1-16(10-15-14)13(20)11-2-4-12(5-3-11)17(6-8-18)7-9-19/h2-5,10,18-19H,6-9H2,1H3. The van der Waals surface area contributed by atoms with Gasteiger partial charge in [0.2, 0.25) is 0 Å². The summed E-state index contributed by atoms with van der Waals surface area (Å²) in [4.78, 5) is 17.7. The highest BCUT2D eigenvalue weighted by molar-refractivity contribution is 5.99. The SMILES string of the molecule is CN(C=[N+]=[N-])C(=O)c1ccc(N(CCO)CCO)cc1. The number of aliphatic hydroxyl groups is 2. The van der Waals surface area contributed by atoms with Crippen LogP contribution < -0.4 is 4.90 Å². The molecule has 108 valence electrons. The lowest BCUT2D eigenvalue weighted by Gasteiger charge is -2.22. The van der Waals surface area contributed by atoms with Crippen molar-refractivity contribution in [2.24, 2.45) is 0 Å². The third kappa shape index (κ3) is 4.17. The molecule has 1 rings (SSSR count). The van der Waals surface area contributed by atoms with E-state index in [0.29, 0.717) is 18.7 Å². The number of carbonyl (C=O) groups excluding carboxylic acids is 1. The number of carbonyl (C=O) groups is 1. The lowest BCUT2D eigenvalue weighted by atomic mass is 10.1. The van der Waals surface area contributed by atoms with Gasteiger partial charge < -0.3 is 25.4 Å². The predicted octanol–water partition coefficient (Wildman–Crippen LogP) is -0.192. The number of rotatable bonds is 7. The van der Waals surface area contributed by atoms with Crippen LogP contribution in [0.15, 0.2) is 24.3 Å². The fourth-order valence-electron chi connectivity index (χ4n) is 1.76. The lowest BCUT2D eigenvalue weighted by Crippen LogP contribution is -2.30. The van der Waals surface area contributed by atoms with Gasteiger partial charge in [0.25, 0.3) is 0 Å². The van der Waals surface area contributed by atoms with E-state index in [0.717, 1.165) is 16.9 Å². The maximum absolute atomic E-state index is 11.9. The first kappa shape index (κ1) is 15.8. The number of nitrogens with zero attached hydrogens (tertiary/aromatic N) is 4. The summed E-state index contributed by atoms with van der Waals surface area (Å²) < 4.78 is 0. The Labute approximate surface area is 117 Å². The first-order valence-corrected chi connectivity index (χ1v) is 6.15. The average molecular weight is 278 g/mol. The molecule has 7 nitrogen and oxygen atoms in total. The van der Waals surface area contributed by atoms with Crippen LogP contribution in [0, 0.1) is 0 Å². The van der Waals surface area contributed by atoms with E-state index in [4.69, 9.17) is 15.7 Å². The summed E-state index contributed by atoms with van der Waals surface area (Å²) in [6, 6.07) is 6.76. The fraction of sp³-hybridized carbons (Fsp3) is 0.385. The Kier molecular flexibility index (Phi) is 6.39. The van der Waals surface area contributed by atoms with Crippen LogP contribution in [-0.2, 0) is 0 Å². The molecule has 0 spiro atoms. The number of amides is 1. The summed E-state index contributed by atoms with van der Waals surface area (Å²) >= 11 is 0. The van der Waals surface area contributed by atoms with Crippen LogP contribution in [0.3, 0.4) is 0 Å². The van der Waals surface area contributed by atoms with Gasteiger partial charge in [-0.05, 0) is 24.3 Å². The smallest absolute Gasteiger partial charge is 0.341 e. The van der Waals surface area contributed by atoms with Crippen LogP contribution in [-0.4, -0.2) is 65.5 Å². The van der Waals surface area contributed by atoms with Crippen molar-refractivity contribution in [1.29, 1.82) is 0 Å². The second-order valence-corrected chi connectivity index (χ2v) is 4.13. The molecule has 0 atom stereocenters. The van der Waals surface area contributed by atoms with E-state index in [2.05, 4.69) is 4.79 Å². The van der Waals surface area contributed by atoms with Crippen LogP contribution in [0.5, 0.6) is 0 Å². The molecule has 7 heteroatoms. The van der Waals surface area contributed by atoms with Crippen molar-refractivity contribution in [1.82, 2.24) is 4.90 Å². The molecule has 0 bridgehead atoms. The highest BCUT2D eigenvalue weighted by Gasteiger charge is 2.16. The van der Waals surface area contributed by atoms with Crippen molar-refractivity contribution >= 4 is 17.9 Å². The lowest BCUT2D eigenvalue weighted by molar-refractivity contribution is -0.00952. The molecule has 0 aliphatic rings. The molecule has 0 aliphatic heterocycles. The van der Waals surface area contributed by atoms with Gasteiger partial charge in [0.1, 0.15) is 0 Å². The van der Waals surface area contributed by atoms with E-state index in [1.165, 1.54) is 7.05 Å². The molecule has 20 heavy (non-hydrogen) atoms. The number of aliphatic hydroxyl groups excluding tert-OH is 2. The summed E-state index contributed by atoms with van der Waals surface area (Å²) in [6.07, 6.45) is 1.01. The van der Waals surface area contributed by atoms with E-state index < -0.39 is 0 Å². The number of hydrogen-bond acceptors (Lipinski definition) is 4. The number of anilines is 1. The molecule has 1 amide bonds. The minimum atomic E-state index is -0.301. The second kappa shape index (κ2) is 8.06. The third-order valence-corrected chi connectivity index (χ3v) is 2.76. The molecule has 0 saturated carbocycles. The molecular formula is C13H18N4O3. The van der Waals surface area contributed by atoms with Crippen molar-refractivity contribution < 1.29 is 19.8 Å². The van der Waals surface area contributed by atoms with E-state index in [1.807, 2.05) is 4.90 Å². The Morgan fingerprint density at radius 2 is 1.80 bits per heavy atom. The zero-order valence-electron chi connectivity index (χ0n) is 11.3. The second-order valence-electron chi connectivity index (χ2n) is 4.13. The van der Waals surface area contributed by atoms with E-state index >= 15 is 0 Å². The van der Waals surface area contributed by atoms with Crippen molar-refractivity contribution in [3.63, 3.8) is 0 Å². The number of hydrogen-bond donors (Lipinski definition) is 2. The van der Waals surface area contributed by atoms with Gasteiger partial charge in [-0.3, -0.25) is 0 Å². The van der Waals surface area contributed by atoms with Gasteiger partial charge >= 0.3 is 12.2 Å². The van der Waals surface area contributed by atoms with Gasteiger partial charge in [0, 0.05) is 18.8 Å². The molecule has 0 saturated heterocycles. The van der Waals surface area contributed by atoms with Crippen molar-refractivity contribution in [2.45, 2.75) is 0 Å². The Morgan fingerprint density at radius 1 is 1.25 bits per heavy atom. The Morgan fingerprint density at radius 3 is 2.25 bits per heavy atom. The normalized spacial score (nSPS) is 9.75. The van der Waals surface area contributed by atoms with E-state index in [9.17, 15) is 4.79 Å². The summed E-state index contributed by atoms with van der Waals surface area (Å²) in [7, 11) is 1.49. The molecule has 0 heterocycles. The molecular weight excluding hydrogens is 260 g/mol. The van der Waals surface area contributed by atoms with Crippen LogP contribution in [0.2, 0.25) is 0 Å². The summed E-state index contributed by atoms with van der Waals surface area (Å²) in [5, 5.41) is 18.0. The van der Waals surface area contributed by atoms with Crippen LogP contribution in [0.25, 0.3) is 5.53 Å². The van der Waals surface area contributed by atoms with Gasteiger partial charge in [-0.15, -0.1) is 0 Å². The van der Waals surface area contributed by atoms with Gasteiger partial charge in [-0.2, -0.15) is 4.90 Å². The van der Waals surface area contributed by atoms with Gasteiger partial charge in [0.15, 0.2) is 0 Å². The molecule has 0 aromatic heterocycles. The van der Waals surface area contributed by atoms with Crippen molar-refractivity contribution in [3.8, 4) is 0 Å². The average Bonchev–Trinajstić information content (AvgIpc) is 2.47. The topological polar surface area (TPSA) is 100 Å². The highest BCUT2D eigenvalue weighted by atomic mass is 16.3. The van der Waals surface area contributed by atoms with E-state index in [1.54, 1.807) is 24.3 Å². The maximum atomic E-state index is 11.9. The van der Waals surface area contributed by atoms with E-state index in [-0.39, 0.29) is 19.1 Å². The Balaban J connectivity index is 2.86. The van der Waals surface area contributed by atoms with Crippen molar-refractivity contribution in [3.05, 3.63) is 35.4 Å². The molecule has 2 N–H and O–H groups in total. The van der Waals surface area contributed by atoms with Crippen LogP contribution in [0.4, 0.5) is 5.69 Å². The molecule has 0 radical (unpaired) electrons.